The Balaban J connectivity index is 1.34. The normalized spacial score (nSPS) is 11.2. The van der Waals surface area contributed by atoms with Gasteiger partial charge in [0, 0.05) is 17.1 Å². The van der Waals surface area contributed by atoms with E-state index in [1.54, 1.807) is 34.9 Å². The van der Waals surface area contributed by atoms with Crippen molar-refractivity contribution >= 4 is 68.4 Å². The van der Waals surface area contributed by atoms with Crippen molar-refractivity contribution < 1.29 is 4.79 Å². The second kappa shape index (κ2) is 10.5. The molecule has 10 heteroatoms. The number of thiazole rings is 1. The van der Waals surface area contributed by atoms with Crippen LogP contribution in [-0.4, -0.2) is 37.7 Å². The zero-order chi connectivity index (χ0) is 21.6. The van der Waals surface area contributed by atoms with E-state index in [9.17, 15) is 4.79 Å². The minimum Gasteiger partial charge on any atom is -0.325 e. The standard InChI is InChI=1S/C21H21N5OS4/c1-3-26-18(12-30-21-23-16-6-4-5-7-17(16)31-21)24-25-20(26)29-13-19(27)22-14-8-10-15(28-2)11-9-14/h4-11H,3,12-13H2,1-2H3,(H,22,27). The molecule has 0 spiro atoms. The summed E-state index contributed by atoms with van der Waals surface area (Å²) in [6.45, 7) is 2.81. The number of para-hydroxylation sites is 1. The van der Waals surface area contributed by atoms with Crippen LogP contribution in [0.1, 0.15) is 12.7 Å². The molecule has 4 rings (SSSR count). The van der Waals surface area contributed by atoms with Gasteiger partial charge in [-0.25, -0.2) is 4.98 Å². The van der Waals surface area contributed by atoms with Crippen molar-refractivity contribution in [3.63, 3.8) is 0 Å². The predicted molar refractivity (Wildman–Crippen MR) is 132 cm³/mol. The first-order valence-electron chi connectivity index (χ1n) is 9.63. The summed E-state index contributed by atoms with van der Waals surface area (Å²) in [5.74, 6) is 1.81. The average Bonchev–Trinajstić information content (AvgIpc) is 3.39. The number of carbonyl (C=O) groups excluding carboxylic acids is 1. The number of thioether (sulfide) groups is 3. The van der Waals surface area contributed by atoms with E-state index in [1.807, 2.05) is 48.7 Å². The fraction of sp³-hybridized carbons (Fsp3) is 0.238. The first-order chi connectivity index (χ1) is 15.2. The molecule has 6 nitrogen and oxygen atoms in total. The molecule has 2 aromatic heterocycles. The summed E-state index contributed by atoms with van der Waals surface area (Å²) in [6, 6.07) is 16.0. The van der Waals surface area contributed by atoms with Gasteiger partial charge in [-0.05, 0) is 49.6 Å². The Morgan fingerprint density at radius 3 is 2.65 bits per heavy atom. The molecule has 0 saturated heterocycles. The summed E-state index contributed by atoms with van der Waals surface area (Å²) in [6.07, 6.45) is 2.03. The molecule has 4 aromatic rings. The highest BCUT2D eigenvalue weighted by Crippen LogP contribution is 2.31. The third-order valence-electron chi connectivity index (χ3n) is 4.41. The van der Waals surface area contributed by atoms with Crippen molar-refractivity contribution in [3.8, 4) is 0 Å². The number of nitrogens with one attached hydrogen (secondary N) is 1. The summed E-state index contributed by atoms with van der Waals surface area (Å²) in [4.78, 5) is 18.2. The smallest absolute Gasteiger partial charge is 0.234 e. The minimum atomic E-state index is -0.0574. The van der Waals surface area contributed by atoms with E-state index in [2.05, 4.69) is 38.1 Å². The molecular formula is C21H21N5OS4. The van der Waals surface area contributed by atoms with E-state index in [0.29, 0.717) is 5.75 Å². The summed E-state index contributed by atoms with van der Waals surface area (Å²) in [5.41, 5.74) is 1.82. The van der Waals surface area contributed by atoms with Gasteiger partial charge in [0.15, 0.2) is 9.50 Å². The van der Waals surface area contributed by atoms with Crippen molar-refractivity contribution in [2.75, 3.05) is 17.3 Å². The zero-order valence-corrected chi connectivity index (χ0v) is 20.3. The first-order valence-corrected chi connectivity index (χ1v) is 13.6. The Bertz CT molecular complexity index is 1140. The fourth-order valence-electron chi connectivity index (χ4n) is 2.89. The molecule has 31 heavy (non-hydrogen) atoms. The number of anilines is 1. The molecule has 0 fully saturated rings. The monoisotopic (exact) mass is 487 g/mol. The van der Waals surface area contributed by atoms with Gasteiger partial charge in [-0.3, -0.25) is 4.79 Å². The number of aromatic nitrogens is 4. The summed E-state index contributed by atoms with van der Waals surface area (Å²) in [7, 11) is 0. The molecule has 0 aliphatic rings. The van der Waals surface area contributed by atoms with Gasteiger partial charge in [-0.2, -0.15) is 0 Å². The molecule has 0 atom stereocenters. The summed E-state index contributed by atoms with van der Waals surface area (Å²) < 4.78 is 4.27. The van der Waals surface area contributed by atoms with Crippen LogP contribution >= 0.6 is 46.6 Å². The predicted octanol–water partition coefficient (Wildman–Crippen LogP) is 5.65. The van der Waals surface area contributed by atoms with Crippen LogP contribution in [0.5, 0.6) is 0 Å². The molecular weight excluding hydrogens is 467 g/mol. The molecule has 1 N–H and O–H groups in total. The maximum Gasteiger partial charge on any atom is 0.234 e. The molecule has 160 valence electrons. The third kappa shape index (κ3) is 5.62. The zero-order valence-electron chi connectivity index (χ0n) is 17.1. The van der Waals surface area contributed by atoms with E-state index in [-0.39, 0.29) is 11.7 Å². The Kier molecular flexibility index (Phi) is 7.54. The SMILES string of the molecule is CCn1c(CSc2nc3ccccc3s2)nnc1SCC(=O)Nc1ccc(SC)cc1. The number of benzene rings is 2. The number of hydrogen-bond donors (Lipinski definition) is 1. The largest absolute Gasteiger partial charge is 0.325 e. The van der Waals surface area contributed by atoms with E-state index in [0.717, 1.165) is 33.1 Å². The number of rotatable bonds is 9. The summed E-state index contributed by atoms with van der Waals surface area (Å²) in [5, 5.41) is 12.3. The molecule has 0 bridgehead atoms. The number of hydrogen-bond acceptors (Lipinski definition) is 8. The van der Waals surface area contributed by atoms with Crippen LogP contribution in [0.15, 0.2) is 62.9 Å². The van der Waals surface area contributed by atoms with Crippen molar-refractivity contribution in [3.05, 3.63) is 54.4 Å². The Morgan fingerprint density at radius 2 is 1.90 bits per heavy atom. The summed E-state index contributed by atoms with van der Waals surface area (Å²) >= 11 is 6.43. The second-order valence-corrected chi connectivity index (χ2v) is 10.5. The number of carbonyl (C=O) groups is 1. The van der Waals surface area contributed by atoms with Crippen LogP contribution in [0.3, 0.4) is 0 Å². The maximum atomic E-state index is 12.3. The van der Waals surface area contributed by atoms with Crippen LogP contribution in [0.2, 0.25) is 0 Å². The van der Waals surface area contributed by atoms with Crippen molar-refractivity contribution in [1.82, 2.24) is 19.7 Å². The number of fused-ring (bicyclic) bond motifs is 1. The lowest BCUT2D eigenvalue weighted by molar-refractivity contribution is -0.113. The van der Waals surface area contributed by atoms with Gasteiger partial charge in [0.05, 0.1) is 21.7 Å². The lowest BCUT2D eigenvalue weighted by atomic mass is 10.3. The van der Waals surface area contributed by atoms with Crippen LogP contribution in [0.4, 0.5) is 5.69 Å². The van der Waals surface area contributed by atoms with Gasteiger partial charge in [0.2, 0.25) is 5.91 Å². The van der Waals surface area contributed by atoms with Crippen LogP contribution in [-0.2, 0) is 17.1 Å². The molecule has 2 heterocycles. The van der Waals surface area contributed by atoms with E-state index < -0.39 is 0 Å². The molecule has 0 saturated carbocycles. The average molecular weight is 488 g/mol. The molecule has 2 aromatic carbocycles. The molecule has 0 radical (unpaired) electrons. The quantitative estimate of drug-likeness (QED) is 0.306. The van der Waals surface area contributed by atoms with Gasteiger partial charge >= 0.3 is 0 Å². The lowest BCUT2D eigenvalue weighted by Gasteiger charge is -2.08. The highest BCUT2D eigenvalue weighted by atomic mass is 32.2. The first kappa shape index (κ1) is 22.2. The van der Waals surface area contributed by atoms with Gasteiger partial charge in [-0.15, -0.1) is 33.3 Å². The lowest BCUT2D eigenvalue weighted by Crippen LogP contribution is -2.14. The van der Waals surface area contributed by atoms with Gasteiger partial charge in [0.25, 0.3) is 0 Å². The van der Waals surface area contributed by atoms with E-state index >= 15 is 0 Å². The Morgan fingerprint density at radius 1 is 1.10 bits per heavy atom. The highest BCUT2D eigenvalue weighted by Gasteiger charge is 2.14. The van der Waals surface area contributed by atoms with Gasteiger partial charge in [0.1, 0.15) is 5.82 Å². The Labute approximate surface area is 197 Å². The topological polar surface area (TPSA) is 72.7 Å². The van der Waals surface area contributed by atoms with E-state index in [1.165, 1.54) is 21.4 Å². The van der Waals surface area contributed by atoms with Crippen LogP contribution < -0.4 is 5.32 Å². The number of amides is 1. The van der Waals surface area contributed by atoms with Crippen LogP contribution in [0.25, 0.3) is 10.2 Å². The van der Waals surface area contributed by atoms with Crippen LogP contribution in [0, 0.1) is 0 Å². The Hall–Kier alpha value is -2.01. The van der Waals surface area contributed by atoms with Gasteiger partial charge < -0.3 is 9.88 Å². The van der Waals surface area contributed by atoms with Gasteiger partial charge in [-0.1, -0.05) is 35.7 Å². The molecule has 0 unspecified atom stereocenters. The van der Waals surface area contributed by atoms with Crippen molar-refractivity contribution in [2.24, 2.45) is 0 Å². The molecule has 0 aliphatic heterocycles. The highest BCUT2D eigenvalue weighted by molar-refractivity contribution is 8.00. The number of nitrogens with zero attached hydrogens (tertiary/aromatic N) is 4. The van der Waals surface area contributed by atoms with E-state index in [4.69, 9.17) is 0 Å². The fourth-order valence-corrected chi connectivity index (χ4v) is 6.13. The second-order valence-electron chi connectivity index (χ2n) is 6.44. The third-order valence-corrected chi connectivity index (χ3v) is 8.30. The minimum absolute atomic E-state index is 0.0574. The van der Waals surface area contributed by atoms with Crippen molar-refractivity contribution in [1.29, 1.82) is 0 Å². The molecule has 0 aliphatic carbocycles. The van der Waals surface area contributed by atoms with Crippen molar-refractivity contribution in [2.45, 2.75) is 33.6 Å². The maximum absolute atomic E-state index is 12.3. The molecule has 1 amide bonds.